The van der Waals surface area contributed by atoms with Crippen LogP contribution in [0.1, 0.15) is 97.4 Å². The Bertz CT molecular complexity index is 899. The van der Waals surface area contributed by atoms with Crippen molar-refractivity contribution in [3.05, 3.63) is 63.1 Å². The third-order valence-corrected chi connectivity index (χ3v) is 6.25. The molecule has 0 saturated carbocycles. The van der Waals surface area contributed by atoms with E-state index in [1.165, 1.54) is 50.7 Å². The molecule has 0 heterocycles. The third-order valence-electron chi connectivity index (χ3n) is 5.51. The van der Waals surface area contributed by atoms with Crippen LogP contribution in [0.15, 0.2) is 36.4 Å². The largest absolute Gasteiger partial charge is 0.507 e. The lowest BCUT2D eigenvalue weighted by Gasteiger charge is -2.09. The number of carbonyl (C=O) groups excluding carboxylic acids is 2. The van der Waals surface area contributed by atoms with Crippen molar-refractivity contribution in [2.45, 2.75) is 77.7 Å². The van der Waals surface area contributed by atoms with Gasteiger partial charge in [-0.3, -0.25) is 9.59 Å². The quantitative estimate of drug-likeness (QED) is 0.216. The number of carbonyl (C=O) groups is 2. The molecule has 4 nitrogen and oxygen atoms in total. The van der Waals surface area contributed by atoms with Crippen LogP contribution in [0.5, 0.6) is 5.75 Å². The van der Waals surface area contributed by atoms with E-state index in [1.54, 1.807) is 24.3 Å². The monoisotopic (exact) mass is 477 g/mol. The summed E-state index contributed by atoms with van der Waals surface area (Å²) >= 11 is 11.9. The molecule has 0 aliphatic rings. The molecule has 0 spiro atoms. The fourth-order valence-electron chi connectivity index (χ4n) is 3.56. The van der Waals surface area contributed by atoms with Crippen molar-refractivity contribution in [3.8, 4) is 5.75 Å². The van der Waals surface area contributed by atoms with Crippen molar-refractivity contribution in [1.82, 2.24) is 5.32 Å². The highest BCUT2D eigenvalue weighted by Gasteiger charge is 2.15. The van der Waals surface area contributed by atoms with Gasteiger partial charge in [-0.2, -0.15) is 0 Å². The van der Waals surface area contributed by atoms with Gasteiger partial charge in [0.2, 0.25) is 0 Å². The van der Waals surface area contributed by atoms with Gasteiger partial charge in [-0.25, -0.2) is 0 Å². The number of ketones is 1. The van der Waals surface area contributed by atoms with Crippen LogP contribution in [0, 0.1) is 0 Å². The van der Waals surface area contributed by atoms with Crippen molar-refractivity contribution in [3.63, 3.8) is 0 Å². The van der Waals surface area contributed by atoms with Gasteiger partial charge >= 0.3 is 0 Å². The number of phenolic OH excluding ortho intramolecular Hbond substituents is 1. The van der Waals surface area contributed by atoms with Gasteiger partial charge in [-0.15, -0.1) is 0 Å². The summed E-state index contributed by atoms with van der Waals surface area (Å²) in [5.74, 6) is -0.617. The summed E-state index contributed by atoms with van der Waals surface area (Å²) in [5.41, 5.74) is 1.31. The Morgan fingerprint density at radius 3 is 2.16 bits per heavy atom. The molecule has 2 rings (SSSR count). The SMILES string of the molecule is CCCCCCCCCCCC(=O)c1ccc(O)c(C(=O)NCc2ccc(Cl)c(Cl)c2)c1. The molecule has 1 amide bonds. The van der Waals surface area contributed by atoms with E-state index in [0.29, 0.717) is 22.0 Å². The first-order valence-corrected chi connectivity index (χ1v) is 12.3. The predicted octanol–water partition coefficient (Wildman–Crippen LogP) is 7.73. The summed E-state index contributed by atoms with van der Waals surface area (Å²) in [7, 11) is 0. The van der Waals surface area contributed by atoms with Gasteiger partial charge in [0.25, 0.3) is 5.91 Å². The lowest BCUT2D eigenvalue weighted by atomic mass is 10.0. The first kappa shape index (κ1) is 26.2. The molecule has 0 aliphatic heterocycles. The van der Waals surface area contributed by atoms with Crippen LogP contribution in [0.4, 0.5) is 0 Å². The van der Waals surface area contributed by atoms with Crippen molar-refractivity contribution < 1.29 is 14.7 Å². The van der Waals surface area contributed by atoms with Crippen molar-refractivity contribution in [2.75, 3.05) is 0 Å². The van der Waals surface area contributed by atoms with E-state index in [1.807, 2.05) is 0 Å². The fraction of sp³-hybridized carbons (Fsp3) is 0.462. The van der Waals surface area contributed by atoms with E-state index in [0.717, 1.165) is 24.8 Å². The highest BCUT2D eigenvalue weighted by atomic mass is 35.5. The minimum atomic E-state index is -0.453. The van der Waals surface area contributed by atoms with E-state index >= 15 is 0 Å². The number of hydrogen-bond donors (Lipinski definition) is 2. The summed E-state index contributed by atoms with van der Waals surface area (Å²) in [6.07, 6.45) is 11.2. The van der Waals surface area contributed by atoms with Crippen LogP contribution in [-0.2, 0) is 6.54 Å². The van der Waals surface area contributed by atoms with Gasteiger partial charge in [-0.1, -0.05) is 87.6 Å². The Hall–Kier alpha value is -2.04. The van der Waals surface area contributed by atoms with Crippen LogP contribution in [0.2, 0.25) is 10.0 Å². The van der Waals surface area contributed by atoms with E-state index in [9.17, 15) is 14.7 Å². The minimum Gasteiger partial charge on any atom is -0.507 e. The van der Waals surface area contributed by atoms with Gasteiger partial charge in [0.05, 0.1) is 15.6 Å². The zero-order valence-corrected chi connectivity index (χ0v) is 20.3. The number of hydrogen-bond acceptors (Lipinski definition) is 3. The number of Topliss-reactive ketones (excluding diaryl/α,β-unsaturated/α-hetero) is 1. The van der Waals surface area contributed by atoms with Gasteiger partial charge in [0.15, 0.2) is 5.78 Å². The second-order valence-electron chi connectivity index (χ2n) is 8.16. The molecule has 0 fully saturated rings. The molecule has 0 unspecified atom stereocenters. The van der Waals surface area contributed by atoms with Crippen molar-refractivity contribution in [1.29, 1.82) is 0 Å². The number of halogens is 2. The van der Waals surface area contributed by atoms with E-state index in [-0.39, 0.29) is 23.6 Å². The number of amides is 1. The summed E-state index contributed by atoms with van der Waals surface area (Å²) < 4.78 is 0. The number of unbranched alkanes of at least 4 members (excludes halogenated alkanes) is 8. The molecule has 32 heavy (non-hydrogen) atoms. The second kappa shape index (κ2) is 14.2. The molecule has 6 heteroatoms. The number of nitrogens with one attached hydrogen (secondary N) is 1. The Labute approximate surface area is 201 Å². The number of benzene rings is 2. The Morgan fingerprint density at radius 1 is 0.844 bits per heavy atom. The standard InChI is InChI=1S/C26H33Cl2NO3/c1-2-3-4-5-6-7-8-9-10-11-24(30)20-13-15-25(31)21(17-20)26(32)29-18-19-12-14-22(27)23(28)16-19/h12-17,31H,2-11,18H2,1H3,(H,29,32). The first-order chi connectivity index (χ1) is 15.4. The molecule has 0 saturated heterocycles. The Morgan fingerprint density at radius 2 is 1.50 bits per heavy atom. The molecule has 0 aromatic heterocycles. The van der Waals surface area contributed by atoms with Gasteiger partial charge < -0.3 is 10.4 Å². The summed E-state index contributed by atoms with van der Waals surface area (Å²) in [6, 6.07) is 9.54. The van der Waals surface area contributed by atoms with E-state index in [4.69, 9.17) is 23.2 Å². The Kier molecular flexibility index (Phi) is 11.6. The van der Waals surface area contributed by atoms with Gasteiger partial charge in [0, 0.05) is 18.5 Å². The average molecular weight is 478 g/mol. The van der Waals surface area contributed by atoms with Crippen LogP contribution in [-0.4, -0.2) is 16.8 Å². The van der Waals surface area contributed by atoms with E-state index in [2.05, 4.69) is 12.2 Å². The topological polar surface area (TPSA) is 66.4 Å². The maximum atomic E-state index is 12.6. The highest BCUT2D eigenvalue weighted by Crippen LogP contribution is 2.23. The summed E-state index contributed by atoms with van der Waals surface area (Å²) in [5, 5.41) is 13.7. The van der Waals surface area contributed by atoms with Crippen molar-refractivity contribution in [2.24, 2.45) is 0 Å². The number of phenols is 1. The van der Waals surface area contributed by atoms with Gasteiger partial charge in [-0.05, 0) is 42.3 Å². The molecule has 0 radical (unpaired) electrons. The lowest BCUT2D eigenvalue weighted by Crippen LogP contribution is -2.23. The molecule has 0 aliphatic carbocycles. The number of rotatable bonds is 14. The molecule has 0 bridgehead atoms. The summed E-state index contributed by atoms with van der Waals surface area (Å²) in [6.45, 7) is 2.45. The van der Waals surface area contributed by atoms with Crippen molar-refractivity contribution >= 4 is 34.9 Å². The number of aromatic hydroxyl groups is 1. The normalized spacial score (nSPS) is 10.8. The lowest BCUT2D eigenvalue weighted by molar-refractivity contribution is 0.0948. The van der Waals surface area contributed by atoms with Crippen LogP contribution >= 0.6 is 23.2 Å². The predicted molar refractivity (Wildman–Crippen MR) is 132 cm³/mol. The van der Waals surface area contributed by atoms with Crippen LogP contribution in [0.3, 0.4) is 0 Å². The van der Waals surface area contributed by atoms with Gasteiger partial charge in [0.1, 0.15) is 5.75 Å². The molecule has 174 valence electrons. The minimum absolute atomic E-state index is 0.00789. The molecule has 0 atom stereocenters. The molecular formula is C26H33Cl2NO3. The third kappa shape index (κ3) is 8.84. The maximum Gasteiger partial charge on any atom is 0.255 e. The smallest absolute Gasteiger partial charge is 0.255 e. The Balaban J connectivity index is 1.80. The van der Waals surface area contributed by atoms with Crippen LogP contribution < -0.4 is 5.32 Å². The summed E-state index contributed by atoms with van der Waals surface area (Å²) in [4.78, 5) is 25.1. The fourth-order valence-corrected chi connectivity index (χ4v) is 3.88. The first-order valence-electron chi connectivity index (χ1n) is 11.5. The molecule has 2 aromatic rings. The zero-order chi connectivity index (χ0) is 23.3. The average Bonchev–Trinajstić information content (AvgIpc) is 2.78. The molecular weight excluding hydrogens is 445 g/mol. The van der Waals surface area contributed by atoms with Crippen LogP contribution in [0.25, 0.3) is 0 Å². The maximum absolute atomic E-state index is 12.6. The highest BCUT2D eigenvalue weighted by molar-refractivity contribution is 6.42. The van der Waals surface area contributed by atoms with E-state index < -0.39 is 5.91 Å². The molecule has 2 aromatic carbocycles. The molecule has 2 N–H and O–H groups in total. The second-order valence-corrected chi connectivity index (χ2v) is 8.98. The zero-order valence-electron chi connectivity index (χ0n) is 18.8.